The maximum Gasteiger partial charge on any atom is 0.0399 e. The molecular formula is C14H22N2. The lowest BCUT2D eigenvalue weighted by Gasteiger charge is -2.34. The molecule has 2 rings (SSSR count). The lowest BCUT2D eigenvalue weighted by Crippen LogP contribution is -2.45. The van der Waals surface area contributed by atoms with E-state index in [1.165, 1.54) is 24.1 Å². The van der Waals surface area contributed by atoms with Crippen molar-refractivity contribution in [1.29, 1.82) is 0 Å². The number of rotatable bonds is 3. The van der Waals surface area contributed by atoms with E-state index < -0.39 is 0 Å². The molecule has 16 heavy (non-hydrogen) atoms. The van der Waals surface area contributed by atoms with Crippen molar-refractivity contribution in [3.05, 3.63) is 29.8 Å². The van der Waals surface area contributed by atoms with Crippen LogP contribution in [0.15, 0.2) is 24.3 Å². The second-order valence-corrected chi connectivity index (χ2v) is 5.72. The fraction of sp³-hybridized carbons (Fsp3) is 0.571. The second kappa shape index (κ2) is 3.49. The van der Waals surface area contributed by atoms with Crippen LogP contribution in [0.5, 0.6) is 0 Å². The standard InChI is InChI=1S/C14H22N2/c1-13(2,15)14(9-10-14)11-7-5-6-8-12(11)16(3)4/h5-8H,9-10,15H2,1-4H3. The minimum Gasteiger partial charge on any atom is -0.377 e. The molecule has 1 fully saturated rings. The van der Waals surface area contributed by atoms with E-state index in [0.29, 0.717) is 0 Å². The van der Waals surface area contributed by atoms with Gasteiger partial charge in [0.15, 0.2) is 0 Å². The van der Waals surface area contributed by atoms with Gasteiger partial charge in [0.2, 0.25) is 0 Å². The van der Waals surface area contributed by atoms with E-state index in [1.54, 1.807) is 0 Å². The number of hydrogen-bond donors (Lipinski definition) is 1. The summed E-state index contributed by atoms with van der Waals surface area (Å²) in [6.07, 6.45) is 2.42. The molecule has 0 aliphatic heterocycles. The van der Waals surface area contributed by atoms with Crippen molar-refractivity contribution >= 4 is 5.69 Å². The summed E-state index contributed by atoms with van der Waals surface area (Å²) in [5, 5.41) is 0. The Morgan fingerprint density at radius 3 is 2.19 bits per heavy atom. The molecule has 2 heteroatoms. The molecule has 0 aromatic heterocycles. The lowest BCUT2D eigenvalue weighted by atomic mass is 9.78. The number of para-hydroxylation sites is 1. The zero-order valence-electron chi connectivity index (χ0n) is 10.7. The van der Waals surface area contributed by atoms with Crippen molar-refractivity contribution < 1.29 is 0 Å². The van der Waals surface area contributed by atoms with Crippen molar-refractivity contribution in [2.45, 2.75) is 37.6 Å². The first-order chi connectivity index (χ1) is 7.38. The van der Waals surface area contributed by atoms with Gasteiger partial charge >= 0.3 is 0 Å². The highest BCUT2D eigenvalue weighted by molar-refractivity contribution is 5.59. The molecule has 88 valence electrons. The molecule has 0 amide bonds. The van der Waals surface area contributed by atoms with Gasteiger partial charge < -0.3 is 10.6 Å². The zero-order valence-corrected chi connectivity index (χ0v) is 10.7. The van der Waals surface area contributed by atoms with Gasteiger partial charge in [-0.05, 0) is 38.3 Å². The number of benzene rings is 1. The molecule has 2 N–H and O–H groups in total. The van der Waals surface area contributed by atoms with Crippen LogP contribution in [0.4, 0.5) is 5.69 Å². The third-order valence-corrected chi connectivity index (χ3v) is 3.88. The van der Waals surface area contributed by atoms with Gasteiger partial charge in [-0.1, -0.05) is 18.2 Å². The van der Waals surface area contributed by atoms with Crippen LogP contribution in [0.25, 0.3) is 0 Å². The number of hydrogen-bond acceptors (Lipinski definition) is 2. The third kappa shape index (κ3) is 1.61. The summed E-state index contributed by atoms with van der Waals surface area (Å²) in [5.41, 5.74) is 9.12. The smallest absolute Gasteiger partial charge is 0.0399 e. The average Bonchev–Trinajstić information content (AvgIpc) is 2.97. The summed E-state index contributed by atoms with van der Waals surface area (Å²) in [6, 6.07) is 8.63. The SMILES string of the molecule is CN(C)c1ccccc1C1(C(C)(C)N)CC1. The largest absolute Gasteiger partial charge is 0.377 e. The fourth-order valence-corrected chi connectivity index (χ4v) is 2.65. The van der Waals surface area contributed by atoms with Crippen LogP contribution in [0.3, 0.4) is 0 Å². The molecule has 1 aliphatic rings. The van der Waals surface area contributed by atoms with E-state index in [0.717, 1.165) is 0 Å². The first-order valence-electron chi connectivity index (χ1n) is 5.94. The monoisotopic (exact) mass is 218 g/mol. The van der Waals surface area contributed by atoms with Crippen LogP contribution in [0.1, 0.15) is 32.3 Å². The zero-order chi connectivity index (χ0) is 12.0. The molecule has 0 radical (unpaired) electrons. The van der Waals surface area contributed by atoms with Crippen molar-refractivity contribution in [2.75, 3.05) is 19.0 Å². The molecule has 1 aromatic rings. The van der Waals surface area contributed by atoms with E-state index in [-0.39, 0.29) is 11.0 Å². The Morgan fingerprint density at radius 1 is 1.19 bits per heavy atom. The van der Waals surface area contributed by atoms with Crippen LogP contribution in [-0.4, -0.2) is 19.6 Å². The molecule has 1 saturated carbocycles. The molecule has 0 spiro atoms. The lowest BCUT2D eigenvalue weighted by molar-refractivity contribution is 0.392. The Balaban J connectivity index is 2.49. The van der Waals surface area contributed by atoms with Gasteiger partial charge in [0.25, 0.3) is 0 Å². The maximum atomic E-state index is 6.36. The number of anilines is 1. The normalized spacial score (nSPS) is 18.3. The summed E-state index contributed by atoms with van der Waals surface area (Å²) in [7, 11) is 4.19. The molecule has 0 unspecified atom stereocenters. The molecule has 0 saturated heterocycles. The van der Waals surface area contributed by atoms with Gasteiger partial charge in [-0.15, -0.1) is 0 Å². The van der Waals surface area contributed by atoms with E-state index in [4.69, 9.17) is 5.73 Å². The Kier molecular flexibility index (Phi) is 2.50. The maximum absolute atomic E-state index is 6.36. The number of nitrogens with zero attached hydrogens (tertiary/aromatic N) is 1. The van der Waals surface area contributed by atoms with Gasteiger partial charge in [0, 0.05) is 30.7 Å². The van der Waals surface area contributed by atoms with Crippen molar-refractivity contribution in [2.24, 2.45) is 5.73 Å². The highest BCUT2D eigenvalue weighted by atomic mass is 15.1. The molecule has 1 aliphatic carbocycles. The molecule has 0 bridgehead atoms. The predicted molar refractivity (Wildman–Crippen MR) is 69.9 cm³/mol. The minimum atomic E-state index is -0.140. The van der Waals surface area contributed by atoms with Gasteiger partial charge in [0.05, 0.1) is 0 Å². The van der Waals surface area contributed by atoms with E-state index in [1.807, 2.05) is 0 Å². The Bertz CT molecular complexity index is 384. The average molecular weight is 218 g/mol. The minimum absolute atomic E-state index is 0.140. The topological polar surface area (TPSA) is 29.3 Å². The van der Waals surface area contributed by atoms with Crippen molar-refractivity contribution in [1.82, 2.24) is 0 Å². The van der Waals surface area contributed by atoms with Crippen LogP contribution in [0.2, 0.25) is 0 Å². The van der Waals surface area contributed by atoms with Crippen LogP contribution < -0.4 is 10.6 Å². The van der Waals surface area contributed by atoms with Crippen LogP contribution >= 0.6 is 0 Å². The Hall–Kier alpha value is -1.02. The second-order valence-electron chi connectivity index (χ2n) is 5.72. The summed E-state index contributed by atoms with van der Waals surface area (Å²) < 4.78 is 0. The molecule has 0 atom stereocenters. The van der Waals surface area contributed by atoms with Crippen molar-refractivity contribution in [3.8, 4) is 0 Å². The number of nitrogens with two attached hydrogens (primary N) is 1. The first-order valence-corrected chi connectivity index (χ1v) is 5.94. The van der Waals surface area contributed by atoms with Gasteiger partial charge in [-0.25, -0.2) is 0 Å². The van der Waals surface area contributed by atoms with Crippen LogP contribution in [0, 0.1) is 0 Å². The summed E-state index contributed by atoms with van der Waals surface area (Å²) in [4.78, 5) is 2.18. The summed E-state index contributed by atoms with van der Waals surface area (Å²) >= 11 is 0. The predicted octanol–water partition coefficient (Wildman–Crippen LogP) is 2.52. The van der Waals surface area contributed by atoms with Gasteiger partial charge in [-0.3, -0.25) is 0 Å². The Morgan fingerprint density at radius 2 is 1.75 bits per heavy atom. The van der Waals surface area contributed by atoms with Crippen LogP contribution in [-0.2, 0) is 5.41 Å². The molecule has 0 heterocycles. The van der Waals surface area contributed by atoms with E-state index in [2.05, 4.69) is 57.1 Å². The Labute approximate surface area is 98.4 Å². The summed E-state index contributed by atoms with van der Waals surface area (Å²) in [6.45, 7) is 4.29. The first kappa shape index (κ1) is 11.5. The van der Waals surface area contributed by atoms with E-state index in [9.17, 15) is 0 Å². The fourth-order valence-electron chi connectivity index (χ4n) is 2.65. The summed E-state index contributed by atoms with van der Waals surface area (Å²) in [5.74, 6) is 0. The van der Waals surface area contributed by atoms with Gasteiger partial charge in [-0.2, -0.15) is 0 Å². The quantitative estimate of drug-likeness (QED) is 0.844. The highest BCUT2D eigenvalue weighted by Crippen LogP contribution is 2.56. The van der Waals surface area contributed by atoms with E-state index >= 15 is 0 Å². The van der Waals surface area contributed by atoms with Crippen molar-refractivity contribution in [3.63, 3.8) is 0 Å². The highest BCUT2D eigenvalue weighted by Gasteiger charge is 2.54. The van der Waals surface area contributed by atoms with Gasteiger partial charge in [0.1, 0.15) is 0 Å². The molecular weight excluding hydrogens is 196 g/mol. The molecule has 1 aromatic carbocycles. The molecule has 2 nitrogen and oxygen atoms in total. The third-order valence-electron chi connectivity index (χ3n) is 3.88.